The number of benzene rings is 3. The lowest BCUT2D eigenvalue weighted by molar-refractivity contribution is -0.118. The molecule has 0 fully saturated rings. The van der Waals surface area contributed by atoms with E-state index in [4.69, 9.17) is 10.5 Å². The van der Waals surface area contributed by atoms with Crippen molar-refractivity contribution in [2.75, 3.05) is 12.4 Å². The Morgan fingerprint density at radius 1 is 1.04 bits per heavy atom. The van der Waals surface area contributed by atoms with Gasteiger partial charge in [-0.05, 0) is 35.4 Å². The first kappa shape index (κ1) is 15.9. The highest BCUT2D eigenvalue weighted by Crippen LogP contribution is 2.35. The number of fused-ring (bicyclic) bond motifs is 1. The zero-order valence-electron chi connectivity index (χ0n) is 13.7. The first-order chi connectivity index (χ1) is 11.6. The molecule has 122 valence electrons. The average molecular weight is 320 g/mol. The lowest BCUT2D eigenvalue weighted by atomic mass is 9.96. The van der Waals surface area contributed by atoms with Crippen molar-refractivity contribution in [1.29, 1.82) is 0 Å². The van der Waals surface area contributed by atoms with Crippen LogP contribution in [0, 0.1) is 6.92 Å². The molecule has 0 aliphatic carbocycles. The summed E-state index contributed by atoms with van der Waals surface area (Å²) in [5, 5.41) is 5.25. The fourth-order valence-electron chi connectivity index (χ4n) is 2.93. The van der Waals surface area contributed by atoms with Gasteiger partial charge in [0.1, 0.15) is 11.8 Å². The van der Waals surface area contributed by atoms with Gasteiger partial charge < -0.3 is 15.8 Å². The van der Waals surface area contributed by atoms with Crippen molar-refractivity contribution in [3.63, 3.8) is 0 Å². The zero-order chi connectivity index (χ0) is 17.1. The molecule has 0 heterocycles. The fourth-order valence-corrected chi connectivity index (χ4v) is 2.93. The number of primary amides is 1. The maximum Gasteiger partial charge on any atom is 0.244 e. The molecule has 0 aliphatic rings. The van der Waals surface area contributed by atoms with E-state index in [1.54, 1.807) is 7.11 Å². The average Bonchev–Trinajstić information content (AvgIpc) is 2.60. The van der Waals surface area contributed by atoms with Crippen LogP contribution in [-0.4, -0.2) is 13.0 Å². The number of carbonyl (C=O) groups is 1. The standard InChI is InChI=1S/C20H20N2O2/c1-13-7-3-6-10-16(13)22-19(20(21)23)18-15-9-5-4-8-14(15)11-12-17(18)24-2/h3-12,19,22H,1-2H3,(H2,21,23). The molecule has 3 aromatic rings. The second-order valence-corrected chi connectivity index (χ2v) is 5.70. The van der Waals surface area contributed by atoms with Crippen LogP contribution >= 0.6 is 0 Å². The van der Waals surface area contributed by atoms with Crippen molar-refractivity contribution >= 4 is 22.4 Å². The molecule has 0 bridgehead atoms. The number of ether oxygens (including phenoxy) is 1. The van der Waals surface area contributed by atoms with Gasteiger partial charge in [-0.1, -0.05) is 48.5 Å². The predicted molar refractivity (Wildman–Crippen MR) is 97.2 cm³/mol. The summed E-state index contributed by atoms with van der Waals surface area (Å²) in [7, 11) is 1.60. The number of nitrogens with two attached hydrogens (primary N) is 1. The molecule has 24 heavy (non-hydrogen) atoms. The highest BCUT2D eigenvalue weighted by Gasteiger charge is 2.24. The first-order valence-electron chi connectivity index (χ1n) is 7.79. The molecule has 1 amide bonds. The lowest BCUT2D eigenvalue weighted by Gasteiger charge is -2.22. The monoisotopic (exact) mass is 320 g/mol. The van der Waals surface area contributed by atoms with Gasteiger partial charge in [-0.15, -0.1) is 0 Å². The van der Waals surface area contributed by atoms with E-state index in [2.05, 4.69) is 5.32 Å². The molecular weight excluding hydrogens is 300 g/mol. The number of carbonyl (C=O) groups excluding carboxylic acids is 1. The van der Waals surface area contributed by atoms with Crippen LogP contribution in [0.1, 0.15) is 17.2 Å². The number of hydrogen-bond donors (Lipinski definition) is 2. The van der Waals surface area contributed by atoms with E-state index >= 15 is 0 Å². The van der Waals surface area contributed by atoms with Crippen LogP contribution in [0.2, 0.25) is 0 Å². The number of rotatable bonds is 5. The Hall–Kier alpha value is -3.01. The van der Waals surface area contributed by atoms with Crippen LogP contribution in [0.5, 0.6) is 5.75 Å². The maximum atomic E-state index is 12.2. The van der Waals surface area contributed by atoms with Gasteiger partial charge in [-0.3, -0.25) is 4.79 Å². The lowest BCUT2D eigenvalue weighted by Crippen LogP contribution is -2.28. The number of amides is 1. The van der Waals surface area contributed by atoms with Crippen LogP contribution in [0.3, 0.4) is 0 Å². The Morgan fingerprint density at radius 2 is 1.75 bits per heavy atom. The summed E-state index contributed by atoms with van der Waals surface area (Å²) in [4.78, 5) is 12.2. The molecule has 3 rings (SSSR count). The van der Waals surface area contributed by atoms with E-state index in [1.165, 1.54) is 0 Å². The van der Waals surface area contributed by atoms with Gasteiger partial charge in [0.15, 0.2) is 0 Å². The number of aryl methyl sites for hydroxylation is 1. The number of methoxy groups -OCH3 is 1. The Labute approximate surface area is 141 Å². The van der Waals surface area contributed by atoms with E-state index < -0.39 is 11.9 Å². The number of para-hydroxylation sites is 1. The molecule has 4 nitrogen and oxygen atoms in total. The fraction of sp³-hybridized carbons (Fsp3) is 0.150. The van der Waals surface area contributed by atoms with Crippen LogP contribution in [0.15, 0.2) is 60.7 Å². The Morgan fingerprint density at radius 3 is 2.46 bits per heavy atom. The van der Waals surface area contributed by atoms with Crippen molar-refractivity contribution in [3.8, 4) is 5.75 Å². The van der Waals surface area contributed by atoms with Gasteiger partial charge in [0.25, 0.3) is 0 Å². The summed E-state index contributed by atoms with van der Waals surface area (Å²) in [5.41, 5.74) is 8.40. The Bertz CT molecular complexity index is 890. The second-order valence-electron chi connectivity index (χ2n) is 5.70. The minimum Gasteiger partial charge on any atom is -0.496 e. The van der Waals surface area contributed by atoms with Gasteiger partial charge >= 0.3 is 0 Å². The van der Waals surface area contributed by atoms with Crippen LogP contribution in [0.4, 0.5) is 5.69 Å². The maximum absolute atomic E-state index is 12.2. The zero-order valence-corrected chi connectivity index (χ0v) is 13.7. The van der Waals surface area contributed by atoms with Gasteiger partial charge in [0.05, 0.1) is 7.11 Å². The molecule has 0 spiro atoms. The van der Waals surface area contributed by atoms with Crippen molar-refractivity contribution in [1.82, 2.24) is 0 Å². The largest absolute Gasteiger partial charge is 0.496 e. The molecule has 3 N–H and O–H groups in total. The summed E-state index contributed by atoms with van der Waals surface area (Å²) in [6.07, 6.45) is 0. The van der Waals surface area contributed by atoms with Crippen molar-refractivity contribution in [2.24, 2.45) is 5.73 Å². The predicted octanol–water partition coefficient (Wildman–Crippen LogP) is 3.80. The highest BCUT2D eigenvalue weighted by molar-refractivity contribution is 5.95. The molecule has 0 saturated carbocycles. The van der Waals surface area contributed by atoms with E-state index in [9.17, 15) is 4.79 Å². The van der Waals surface area contributed by atoms with E-state index in [0.29, 0.717) is 5.75 Å². The van der Waals surface area contributed by atoms with Crippen LogP contribution < -0.4 is 15.8 Å². The minimum absolute atomic E-state index is 0.451. The Kier molecular flexibility index (Phi) is 4.38. The summed E-state index contributed by atoms with van der Waals surface area (Å²) in [6.45, 7) is 1.99. The third kappa shape index (κ3) is 2.91. The molecule has 1 unspecified atom stereocenters. The van der Waals surface area contributed by atoms with Crippen molar-refractivity contribution in [3.05, 3.63) is 71.8 Å². The van der Waals surface area contributed by atoms with E-state index in [0.717, 1.165) is 27.6 Å². The van der Waals surface area contributed by atoms with Gasteiger partial charge in [-0.2, -0.15) is 0 Å². The van der Waals surface area contributed by atoms with Gasteiger partial charge in [0.2, 0.25) is 5.91 Å². The molecule has 0 aromatic heterocycles. The van der Waals surface area contributed by atoms with Gasteiger partial charge in [-0.25, -0.2) is 0 Å². The van der Waals surface area contributed by atoms with Crippen molar-refractivity contribution in [2.45, 2.75) is 13.0 Å². The van der Waals surface area contributed by atoms with E-state index in [-0.39, 0.29) is 0 Å². The molecular formula is C20H20N2O2. The van der Waals surface area contributed by atoms with Gasteiger partial charge in [0, 0.05) is 11.3 Å². The summed E-state index contributed by atoms with van der Waals surface area (Å²) in [6, 6.07) is 18.8. The molecule has 0 radical (unpaired) electrons. The first-order valence-corrected chi connectivity index (χ1v) is 7.79. The normalized spacial score (nSPS) is 11.9. The molecule has 0 saturated heterocycles. The smallest absolute Gasteiger partial charge is 0.244 e. The number of anilines is 1. The third-order valence-electron chi connectivity index (χ3n) is 4.17. The summed E-state index contributed by atoms with van der Waals surface area (Å²) < 4.78 is 5.50. The number of nitrogens with one attached hydrogen (secondary N) is 1. The topological polar surface area (TPSA) is 64.3 Å². The molecule has 0 aliphatic heterocycles. The summed E-state index contributed by atoms with van der Waals surface area (Å²) >= 11 is 0. The van der Waals surface area contributed by atoms with Crippen molar-refractivity contribution < 1.29 is 9.53 Å². The SMILES string of the molecule is COc1ccc2ccccc2c1C(Nc1ccccc1C)C(N)=O. The molecule has 1 atom stereocenters. The van der Waals surface area contributed by atoms with Crippen LogP contribution in [-0.2, 0) is 4.79 Å². The summed E-state index contributed by atoms with van der Waals surface area (Å²) in [5.74, 6) is 0.187. The molecule has 3 aromatic carbocycles. The second kappa shape index (κ2) is 6.62. The number of hydrogen-bond acceptors (Lipinski definition) is 3. The molecule has 4 heteroatoms. The van der Waals surface area contributed by atoms with Crippen LogP contribution in [0.25, 0.3) is 10.8 Å². The third-order valence-corrected chi connectivity index (χ3v) is 4.17. The quantitative estimate of drug-likeness (QED) is 0.751. The van der Waals surface area contributed by atoms with E-state index in [1.807, 2.05) is 67.6 Å². The highest BCUT2D eigenvalue weighted by atomic mass is 16.5. The Balaban J connectivity index is 2.17. The minimum atomic E-state index is -0.688.